The molecule has 0 spiro atoms. The fourth-order valence-electron chi connectivity index (χ4n) is 3.28. The molecule has 4 nitrogen and oxygen atoms in total. The lowest BCUT2D eigenvalue weighted by Crippen LogP contribution is -2.45. The molecule has 0 radical (unpaired) electrons. The standard InChI is InChI=1S/C16H23BrN2O2/c1-11(2)12-6-8-16(18,9-7-12)10-13-4-3-5-14(15(13)17)19(20)21/h3-5,11-12H,6-10,18H2,1-2H3. The van der Waals surface area contributed by atoms with Crippen LogP contribution in [-0.4, -0.2) is 10.5 Å². The quantitative estimate of drug-likeness (QED) is 0.641. The van der Waals surface area contributed by atoms with E-state index in [-0.39, 0.29) is 16.1 Å². The van der Waals surface area contributed by atoms with Crippen molar-refractivity contribution in [2.45, 2.75) is 51.5 Å². The van der Waals surface area contributed by atoms with Crippen LogP contribution in [-0.2, 0) is 6.42 Å². The van der Waals surface area contributed by atoms with Gasteiger partial charge in [-0.2, -0.15) is 0 Å². The molecule has 0 amide bonds. The van der Waals surface area contributed by atoms with Crippen LogP contribution in [0.5, 0.6) is 0 Å². The van der Waals surface area contributed by atoms with Gasteiger partial charge < -0.3 is 5.73 Å². The lowest BCUT2D eigenvalue weighted by Gasteiger charge is -2.39. The van der Waals surface area contributed by atoms with Crippen molar-refractivity contribution in [2.24, 2.45) is 17.6 Å². The second kappa shape index (κ2) is 6.44. The summed E-state index contributed by atoms with van der Waals surface area (Å²) in [7, 11) is 0. The van der Waals surface area contributed by atoms with Gasteiger partial charge in [0.25, 0.3) is 5.69 Å². The molecule has 0 unspecified atom stereocenters. The predicted molar refractivity (Wildman–Crippen MR) is 88.2 cm³/mol. The highest BCUT2D eigenvalue weighted by Crippen LogP contribution is 2.38. The Balaban J connectivity index is 2.12. The van der Waals surface area contributed by atoms with Gasteiger partial charge in [0.1, 0.15) is 0 Å². The van der Waals surface area contributed by atoms with E-state index in [0.29, 0.717) is 16.8 Å². The van der Waals surface area contributed by atoms with Gasteiger partial charge in [-0.3, -0.25) is 10.1 Å². The molecule has 2 rings (SSSR count). The molecule has 1 aliphatic carbocycles. The van der Waals surface area contributed by atoms with Gasteiger partial charge in [-0.05, 0) is 65.4 Å². The predicted octanol–water partition coefficient (Wildman–Crippen LogP) is 4.44. The molecule has 0 aliphatic heterocycles. The van der Waals surface area contributed by atoms with Crippen LogP contribution in [0.3, 0.4) is 0 Å². The van der Waals surface area contributed by atoms with Crippen molar-refractivity contribution in [2.75, 3.05) is 0 Å². The van der Waals surface area contributed by atoms with Gasteiger partial charge in [0.15, 0.2) is 0 Å². The van der Waals surface area contributed by atoms with E-state index in [4.69, 9.17) is 5.73 Å². The number of nitro benzene ring substituents is 1. The molecule has 0 saturated heterocycles. The van der Waals surface area contributed by atoms with Crippen molar-refractivity contribution in [3.05, 3.63) is 38.3 Å². The monoisotopic (exact) mass is 354 g/mol. The van der Waals surface area contributed by atoms with Crippen LogP contribution in [0.2, 0.25) is 0 Å². The summed E-state index contributed by atoms with van der Waals surface area (Å²) < 4.78 is 0.575. The third-order valence-electron chi connectivity index (χ3n) is 4.77. The fourth-order valence-corrected chi connectivity index (χ4v) is 3.83. The number of nitro groups is 1. The Morgan fingerprint density at radius 2 is 2.05 bits per heavy atom. The third kappa shape index (κ3) is 3.83. The minimum absolute atomic E-state index is 0.118. The number of benzene rings is 1. The van der Waals surface area contributed by atoms with Crippen molar-refractivity contribution >= 4 is 21.6 Å². The first kappa shape index (κ1) is 16.4. The molecule has 1 aliphatic rings. The molecular weight excluding hydrogens is 332 g/mol. The van der Waals surface area contributed by atoms with Gasteiger partial charge in [0, 0.05) is 11.6 Å². The Hall–Kier alpha value is -0.940. The van der Waals surface area contributed by atoms with E-state index >= 15 is 0 Å². The van der Waals surface area contributed by atoms with Crippen LogP contribution in [0.25, 0.3) is 0 Å². The molecular formula is C16H23BrN2O2. The molecule has 21 heavy (non-hydrogen) atoms. The molecule has 1 saturated carbocycles. The Labute approximate surface area is 134 Å². The Morgan fingerprint density at radius 1 is 1.43 bits per heavy atom. The smallest absolute Gasteiger partial charge is 0.283 e. The van der Waals surface area contributed by atoms with E-state index in [2.05, 4.69) is 29.8 Å². The van der Waals surface area contributed by atoms with Crippen molar-refractivity contribution < 1.29 is 4.92 Å². The average Bonchev–Trinajstić information content (AvgIpc) is 2.41. The molecule has 0 atom stereocenters. The highest BCUT2D eigenvalue weighted by atomic mass is 79.9. The second-order valence-electron chi connectivity index (χ2n) is 6.63. The number of rotatable bonds is 4. The highest BCUT2D eigenvalue weighted by Gasteiger charge is 2.33. The molecule has 1 aromatic carbocycles. The Kier molecular flexibility index (Phi) is 5.04. The van der Waals surface area contributed by atoms with Crippen LogP contribution in [0, 0.1) is 22.0 Å². The molecule has 2 N–H and O–H groups in total. The fraction of sp³-hybridized carbons (Fsp3) is 0.625. The maximum absolute atomic E-state index is 11.0. The summed E-state index contributed by atoms with van der Waals surface area (Å²) in [6, 6.07) is 5.19. The number of hydrogen-bond donors (Lipinski definition) is 1. The number of nitrogens with two attached hydrogens (primary N) is 1. The molecule has 0 aromatic heterocycles. The van der Waals surface area contributed by atoms with Crippen molar-refractivity contribution in [1.29, 1.82) is 0 Å². The van der Waals surface area contributed by atoms with Crippen molar-refractivity contribution in [3.63, 3.8) is 0 Å². The van der Waals surface area contributed by atoms with E-state index in [1.54, 1.807) is 6.07 Å². The zero-order valence-corrected chi connectivity index (χ0v) is 14.2. The molecule has 5 heteroatoms. The SMILES string of the molecule is CC(C)C1CCC(N)(Cc2cccc([N+](=O)[O-])c2Br)CC1. The second-order valence-corrected chi connectivity index (χ2v) is 7.42. The van der Waals surface area contributed by atoms with Crippen LogP contribution >= 0.6 is 15.9 Å². The van der Waals surface area contributed by atoms with Crippen LogP contribution in [0.4, 0.5) is 5.69 Å². The minimum atomic E-state index is -0.355. The summed E-state index contributed by atoms with van der Waals surface area (Å²) in [6.07, 6.45) is 4.98. The summed E-state index contributed by atoms with van der Waals surface area (Å²) in [6.45, 7) is 4.54. The molecule has 1 fully saturated rings. The maximum Gasteiger partial charge on any atom is 0.283 e. The summed E-state index contributed by atoms with van der Waals surface area (Å²) in [5.41, 5.74) is 7.38. The molecule has 0 bridgehead atoms. The number of nitrogens with zero attached hydrogens (tertiary/aromatic N) is 1. The first-order valence-corrected chi connectivity index (χ1v) is 8.32. The lowest BCUT2D eigenvalue weighted by molar-refractivity contribution is -0.385. The average molecular weight is 355 g/mol. The number of hydrogen-bond acceptors (Lipinski definition) is 3. The van der Waals surface area contributed by atoms with Crippen LogP contribution in [0.1, 0.15) is 45.1 Å². The Morgan fingerprint density at radius 3 is 2.57 bits per heavy atom. The normalized spacial score (nSPS) is 26.0. The first-order valence-electron chi connectivity index (χ1n) is 7.53. The third-order valence-corrected chi connectivity index (χ3v) is 5.68. The van der Waals surface area contributed by atoms with Crippen molar-refractivity contribution in [1.82, 2.24) is 0 Å². The molecule has 1 aromatic rings. The highest BCUT2D eigenvalue weighted by molar-refractivity contribution is 9.10. The van der Waals surface area contributed by atoms with Gasteiger partial charge in [-0.15, -0.1) is 0 Å². The van der Waals surface area contributed by atoms with E-state index in [0.717, 1.165) is 37.2 Å². The zero-order valence-electron chi connectivity index (χ0n) is 12.6. The number of halogens is 1. The topological polar surface area (TPSA) is 69.2 Å². The van der Waals surface area contributed by atoms with E-state index in [9.17, 15) is 10.1 Å². The van der Waals surface area contributed by atoms with Crippen molar-refractivity contribution in [3.8, 4) is 0 Å². The molecule has 116 valence electrons. The van der Waals surface area contributed by atoms with Gasteiger partial charge in [0.2, 0.25) is 0 Å². The van der Waals surface area contributed by atoms with E-state index < -0.39 is 0 Å². The summed E-state index contributed by atoms with van der Waals surface area (Å²) in [5.74, 6) is 1.47. The van der Waals surface area contributed by atoms with Gasteiger partial charge >= 0.3 is 0 Å². The largest absolute Gasteiger partial charge is 0.325 e. The van der Waals surface area contributed by atoms with E-state index in [1.807, 2.05) is 6.07 Å². The summed E-state index contributed by atoms with van der Waals surface area (Å²) >= 11 is 3.37. The maximum atomic E-state index is 11.0. The summed E-state index contributed by atoms with van der Waals surface area (Å²) in [5, 5.41) is 11.0. The lowest BCUT2D eigenvalue weighted by atomic mass is 9.71. The summed E-state index contributed by atoms with van der Waals surface area (Å²) in [4.78, 5) is 10.7. The zero-order chi connectivity index (χ0) is 15.6. The van der Waals surface area contributed by atoms with Crippen LogP contribution < -0.4 is 5.73 Å². The van der Waals surface area contributed by atoms with Gasteiger partial charge in [-0.25, -0.2) is 0 Å². The Bertz CT molecular complexity index is 523. The minimum Gasteiger partial charge on any atom is -0.325 e. The molecule has 0 heterocycles. The first-order chi connectivity index (χ1) is 9.82. The van der Waals surface area contributed by atoms with Gasteiger partial charge in [0.05, 0.1) is 9.40 Å². The van der Waals surface area contributed by atoms with Crippen LogP contribution in [0.15, 0.2) is 22.7 Å². The van der Waals surface area contributed by atoms with E-state index in [1.165, 1.54) is 6.07 Å². The van der Waals surface area contributed by atoms with Gasteiger partial charge in [-0.1, -0.05) is 26.0 Å².